The van der Waals surface area contributed by atoms with Gasteiger partial charge in [-0.25, -0.2) is 4.39 Å². The lowest BCUT2D eigenvalue weighted by molar-refractivity contribution is 0.0647. The monoisotopic (exact) mass is 294 g/mol. The third-order valence-corrected chi connectivity index (χ3v) is 4.33. The number of hydrogen-bond donors (Lipinski definition) is 1. The molecule has 0 spiro atoms. The van der Waals surface area contributed by atoms with E-state index in [1.807, 2.05) is 6.92 Å². The number of nitrogens with zero attached hydrogens (tertiary/aromatic N) is 1. The highest BCUT2D eigenvalue weighted by Crippen LogP contribution is 2.30. The van der Waals surface area contributed by atoms with Gasteiger partial charge in [0.25, 0.3) is 5.91 Å². The number of carbonyl (C=O) groups excluding carboxylic acids is 1. The van der Waals surface area contributed by atoms with E-state index in [-0.39, 0.29) is 17.5 Å². The predicted molar refractivity (Wildman–Crippen MR) is 79.8 cm³/mol. The van der Waals surface area contributed by atoms with E-state index in [1.54, 1.807) is 11.0 Å². The molecule has 1 aliphatic rings. The molecule has 1 aromatic rings. The van der Waals surface area contributed by atoms with E-state index in [2.05, 4.69) is 0 Å². The lowest BCUT2D eigenvalue weighted by Crippen LogP contribution is -2.44. The third-order valence-electron chi connectivity index (χ3n) is 4.33. The van der Waals surface area contributed by atoms with Crippen molar-refractivity contribution >= 4 is 5.91 Å². The van der Waals surface area contributed by atoms with Crippen molar-refractivity contribution in [2.75, 3.05) is 20.2 Å². The van der Waals surface area contributed by atoms with Crippen LogP contribution < -0.4 is 10.5 Å². The van der Waals surface area contributed by atoms with Crippen molar-refractivity contribution in [3.63, 3.8) is 0 Å². The van der Waals surface area contributed by atoms with Gasteiger partial charge in [0.2, 0.25) is 0 Å². The van der Waals surface area contributed by atoms with Crippen molar-refractivity contribution in [3.8, 4) is 5.75 Å². The van der Waals surface area contributed by atoms with Crippen molar-refractivity contribution in [1.82, 2.24) is 4.90 Å². The fraction of sp³-hybridized carbons (Fsp3) is 0.562. The Morgan fingerprint density at radius 1 is 1.48 bits per heavy atom. The number of hydrogen-bond acceptors (Lipinski definition) is 3. The first kappa shape index (κ1) is 15.8. The summed E-state index contributed by atoms with van der Waals surface area (Å²) in [5, 5.41) is 0. The molecule has 4 nitrogen and oxygen atoms in total. The fourth-order valence-electron chi connectivity index (χ4n) is 3.18. The zero-order chi connectivity index (χ0) is 15.4. The van der Waals surface area contributed by atoms with Crippen molar-refractivity contribution in [1.29, 1.82) is 0 Å². The van der Waals surface area contributed by atoms with E-state index in [9.17, 15) is 9.18 Å². The molecular formula is C16H23FN2O2. The Bertz CT molecular complexity index is 507. The molecule has 1 amide bonds. The minimum Gasteiger partial charge on any atom is -0.497 e. The first-order valence-corrected chi connectivity index (χ1v) is 7.46. The maximum absolute atomic E-state index is 14.1. The minimum absolute atomic E-state index is 0.0975. The highest BCUT2D eigenvalue weighted by atomic mass is 19.1. The van der Waals surface area contributed by atoms with Gasteiger partial charge in [0.15, 0.2) is 0 Å². The minimum atomic E-state index is -0.542. The fourth-order valence-corrected chi connectivity index (χ4v) is 3.18. The van der Waals surface area contributed by atoms with E-state index in [4.69, 9.17) is 10.5 Å². The molecule has 0 saturated heterocycles. The lowest BCUT2D eigenvalue weighted by atomic mass is 10.0. The number of halogens is 1. The topological polar surface area (TPSA) is 55.6 Å². The molecule has 1 aromatic carbocycles. The summed E-state index contributed by atoms with van der Waals surface area (Å²) in [6.45, 7) is 3.05. The second-order valence-corrected chi connectivity index (χ2v) is 5.43. The number of nitrogens with two attached hydrogens (primary N) is 1. The van der Waals surface area contributed by atoms with Crippen molar-refractivity contribution in [2.24, 2.45) is 11.7 Å². The predicted octanol–water partition coefficient (Wildman–Crippen LogP) is 2.42. The van der Waals surface area contributed by atoms with Crippen LogP contribution in [0.25, 0.3) is 0 Å². The van der Waals surface area contributed by atoms with Gasteiger partial charge < -0.3 is 15.4 Å². The third kappa shape index (κ3) is 3.18. The maximum Gasteiger partial charge on any atom is 0.257 e. The van der Waals surface area contributed by atoms with Crippen molar-refractivity contribution < 1.29 is 13.9 Å². The zero-order valence-corrected chi connectivity index (χ0v) is 12.6. The van der Waals surface area contributed by atoms with Crippen LogP contribution in [0, 0.1) is 11.7 Å². The first-order valence-electron chi connectivity index (χ1n) is 7.46. The summed E-state index contributed by atoms with van der Waals surface area (Å²) in [6.07, 6.45) is 3.05. The number of carbonyl (C=O) groups is 1. The van der Waals surface area contributed by atoms with Crippen LogP contribution in [0.2, 0.25) is 0 Å². The molecular weight excluding hydrogens is 271 g/mol. The average Bonchev–Trinajstić information content (AvgIpc) is 2.96. The second-order valence-electron chi connectivity index (χ2n) is 5.43. The molecule has 21 heavy (non-hydrogen) atoms. The van der Waals surface area contributed by atoms with Crippen molar-refractivity contribution in [3.05, 3.63) is 29.6 Å². The molecule has 0 aliphatic heterocycles. The van der Waals surface area contributed by atoms with Crippen LogP contribution in [-0.2, 0) is 0 Å². The molecule has 1 saturated carbocycles. The summed E-state index contributed by atoms with van der Waals surface area (Å²) in [5.74, 6) is -0.0777. The summed E-state index contributed by atoms with van der Waals surface area (Å²) < 4.78 is 19.1. The Balaban J connectivity index is 2.24. The highest BCUT2D eigenvalue weighted by molar-refractivity contribution is 5.94. The zero-order valence-electron chi connectivity index (χ0n) is 12.6. The van der Waals surface area contributed by atoms with E-state index in [0.29, 0.717) is 24.8 Å². The highest BCUT2D eigenvalue weighted by Gasteiger charge is 2.34. The van der Waals surface area contributed by atoms with E-state index in [0.717, 1.165) is 19.3 Å². The van der Waals surface area contributed by atoms with Gasteiger partial charge in [0.1, 0.15) is 11.6 Å². The number of benzene rings is 1. The molecule has 2 unspecified atom stereocenters. The average molecular weight is 294 g/mol. The largest absolute Gasteiger partial charge is 0.497 e. The van der Waals surface area contributed by atoms with E-state index >= 15 is 0 Å². The van der Waals surface area contributed by atoms with Crippen LogP contribution in [-0.4, -0.2) is 37.0 Å². The van der Waals surface area contributed by atoms with E-state index < -0.39 is 5.82 Å². The number of amides is 1. The summed E-state index contributed by atoms with van der Waals surface area (Å²) in [4.78, 5) is 14.4. The smallest absolute Gasteiger partial charge is 0.257 e. The number of rotatable bonds is 5. The lowest BCUT2D eigenvalue weighted by Gasteiger charge is -2.32. The van der Waals surface area contributed by atoms with Gasteiger partial charge in [-0.1, -0.05) is 6.42 Å². The van der Waals surface area contributed by atoms with Crippen LogP contribution >= 0.6 is 0 Å². The second kappa shape index (κ2) is 6.89. The molecule has 5 heteroatoms. The van der Waals surface area contributed by atoms with E-state index in [1.165, 1.54) is 19.2 Å². The maximum atomic E-state index is 14.1. The summed E-state index contributed by atoms with van der Waals surface area (Å²) in [6, 6.07) is 4.47. The van der Waals surface area contributed by atoms with Crippen LogP contribution in [0.3, 0.4) is 0 Å². The molecule has 1 aliphatic carbocycles. The Morgan fingerprint density at radius 2 is 2.24 bits per heavy atom. The molecule has 0 heterocycles. The molecule has 2 atom stereocenters. The van der Waals surface area contributed by atoms with Gasteiger partial charge in [-0.15, -0.1) is 0 Å². The number of methoxy groups -OCH3 is 1. The first-order chi connectivity index (χ1) is 10.1. The van der Waals surface area contributed by atoms with Crippen LogP contribution in [0.5, 0.6) is 5.75 Å². The Hall–Kier alpha value is -1.62. The molecule has 0 aromatic heterocycles. The Labute approximate surface area is 125 Å². The summed E-state index contributed by atoms with van der Waals surface area (Å²) >= 11 is 0. The molecule has 1 fully saturated rings. The van der Waals surface area contributed by atoms with Gasteiger partial charge in [0.05, 0.1) is 12.7 Å². The molecule has 116 valence electrons. The summed E-state index contributed by atoms with van der Waals surface area (Å²) in [5.41, 5.74) is 5.89. The van der Waals surface area contributed by atoms with Gasteiger partial charge in [0, 0.05) is 18.7 Å². The van der Waals surface area contributed by atoms with Gasteiger partial charge in [-0.3, -0.25) is 4.79 Å². The quantitative estimate of drug-likeness (QED) is 0.907. The Kier molecular flexibility index (Phi) is 5.17. The van der Waals surface area contributed by atoms with Gasteiger partial charge in [-0.05, 0) is 44.4 Å². The molecule has 2 N–H and O–H groups in total. The molecule has 0 radical (unpaired) electrons. The number of ether oxygens (including phenoxy) is 1. The molecule has 0 bridgehead atoms. The van der Waals surface area contributed by atoms with Crippen LogP contribution in [0.4, 0.5) is 4.39 Å². The van der Waals surface area contributed by atoms with Gasteiger partial charge >= 0.3 is 0 Å². The van der Waals surface area contributed by atoms with Gasteiger partial charge in [-0.2, -0.15) is 0 Å². The normalized spacial score (nSPS) is 21.3. The standard InChI is InChI=1S/C16H23FN2O2/c1-3-19(15-6-4-5-11(15)10-18)16(20)13-8-7-12(21-2)9-14(13)17/h7-9,11,15H,3-6,10,18H2,1-2H3. The van der Waals surface area contributed by atoms with Crippen LogP contribution in [0.15, 0.2) is 18.2 Å². The molecule has 2 rings (SSSR count). The summed E-state index contributed by atoms with van der Waals surface area (Å²) in [7, 11) is 1.47. The Morgan fingerprint density at radius 3 is 2.81 bits per heavy atom. The van der Waals surface area contributed by atoms with Crippen LogP contribution in [0.1, 0.15) is 36.5 Å². The SMILES string of the molecule is CCN(C(=O)c1ccc(OC)cc1F)C1CCCC1CN. The van der Waals surface area contributed by atoms with Crippen molar-refractivity contribution in [2.45, 2.75) is 32.2 Å².